The summed E-state index contributed by atoms with van der Waals surface area (Å²) in [5.41, 5.74) is 6.43. The highest BCUT2D eigenvalue weighted by Crippen LogP contribution is 2.39. The van der Waals surface area contributed by atoms with E-state index in [4.69, 9.17) is 5.73 Å². The molecule has 0 atom stereocenters. The molecule has 0 spiro atoms. The van der Waals surface area contributed by atoms with Gasteiger partial charge in [0.15, 0.2) is 0 Å². The highest BCUT2D eigenvalue weighted by Gasteiger charge is 2.29. The van der Waals surface area contributed by atoms with Crippen LogP contribution in [0.15, 0.2) is 23.1 Å². The van der Waals surface area contributed by atoms with Crippen molar-refractivity contribution < 1.29 is 13.0 Å². The smallest absolute Gasteiger partial charge is 0.296 e. The minimum absolute atomic E-state index is 0.128. The first kappa shape index (κ1) is 17.5. The van der Waals surface area contributed by atoms with E-state index in [2.05, 4.69) is 5.32 Å². The van der Waals surface area contributed by atoms with Gasteiger partial charge in [0.05, 0.1) is 5.69 Å². The summed E-state index contributed by atoms with van der Waals surface area (Å²) in [6, 6.07) is 4.87. The molecule has 0 amide bonds. The predicted octanol–water partition coefficient (Wildman–Crippen LogP) is 4.07. The normalized spacial score (nSPS) is 26.2. The molecule has 4 N–H and O–H groups in total. The van der Waals surface area contributed by atoms with Crippen molar-refractivity contribution in [3.63, 3.8) is 0 Å². The van der Waals surface area contributed by atoms with Gasteiger partial charge in [0.25, 0.3) is 10.1 Å². The molecule has 0 bridgehead atoms. The van der Waals surface area contributed by atoms with E-state index in [0.717, 1.165) is 24.7 Å². The topological polar surface area (TPSA) is 92.4 Å². The molecule has 0 saturated heterocycles. The summed E-state index contributed by atoms with van der Waals surface area (Å²) in [5, 5.41) is 3.31. The van der Waals surface area contributed by atoms with Crippen molar-refractivity contribution in [1.29, 1.82) is 0 Å². The summed E-state index contributed by atoms with van der Waals surface area (Å²) in [5.74, 6) is 1.72. The SMILES string of the molecule is Nc1ccc(NC2CCC(C3CCCCC3)CC2)c(S(=O)(=O)O)c1. The van der Waals surface area contributed by atoms with E-state index in [-0.39, 0.29) is 10.9 Å². The average Bonchev–Trinajstić information content (AvgIpc) is 2.57. The lowest BCUT2D eigenvalue weighted by Gasteiger charge is -2.36. The number of nitrogens with two attached hydrogens (primary N) is 1. The number of hydrogen-bond acceptors (Lipinski definition) is 4. The third-order valence-electron chi connectivity index (χ3n) is 5.73. The molecule has 1 aromatic rings. The molecule has 1 aromatic carbocycles. The van der Waals surface area contributed by atoms with E-state index >= 15 is 0 Å². The van der Waals surface area contributed by atoms with Gasteiger partial charge in [0.1, 0.15) is 4.90 Å². The van der Waals surface area contributed by atoms with Crippen molar-refractivity contribution in [2.75, 3.05) is 11.1 Å². The molecule has 0 unspecified atom stereocenters. The first-order valence-electron chi connectivity index (χ1n) is 9.07. The molecule has 2 aliphatic carbocycles. The van der Waals surface area contributed by atoms with Crippen LogP contribution in [0.1, 0.15) is 57.8 Å². The van der Waals surface area contributed by atoms with Crippen molar-refractivity contribution in [3.05, 3.63) is 18.2 Å². The molecule has 0 heterocycles. The van der Waals surface area contributed by atoms with Crippen molar-refractivity contribution in [3.8, 4) is 0 Å². The number of benzene rings is 1. The second-order valence-electron chi connectivity index (χ2n) is 7.38. The minimum Gasteiger partial charge on any atom is -0.399 e. The maximum atomic E-state index is 11.6. The third kappa shape index (κ3) is 4.22. The van der Waals surface area contributed by atoms with Crippen LogP contribution in [0.3, 0.4) is 0 Å². The van der Waals surface area contributed by atoms with Crippen LogP contribution in [0, 0.1) is 11.8 Å². The quantitative estimate of drug-likeness (QED) is 0.561. The lowest BCUT2D eigenvalue weighted by molar-refractivity contribution is 0.190. The first-order chi connectivity index (χ1) is 11.4. The molecule has 6 heteroatoms. The Morgan fingerprint density at radius 1 is 0.958 bits per heavy atom. The summed E-state index contributed by atoms with van der Waals surface area (Å²) in [4.78, 5) is -0.128. The Morgan fingerprint density at radius 2 is 1.58 bits per heavy atom. The average molecular weight is 352 g/mol. The van der Waals surface area contributed by atoms with Crippen LogP contribution in [0.25, 0.3) is 0 Å². The number of nitrogen functional groups attached to an aromatic ring is 1. The number of nitrogens with one attached hydrogen (secondary N) is 1. The molecular formula is C18H28N2O3S. The standard InChI is InChI=1S/C18H28N2O3S/c19-15-8-11-17(18(12-15)24(21,22)23)20-16-9-6-14(7-10-16)13-4-2-1-3-5-13/h8,11-14,16,20H,1-7,9-10,19H2,(H,21,22,23). The lowest BCUT2D eigenvalue weighted by Crippen LogP contribution is -2.30. The van der Waals surface area contributed by atoms with E-state index in [0.29, 0.717) is 11.4 Å². The van der Waals surface area contributed by atoms with E-state index < -0.39 is 10.1 Å². The van der Waals surface area contributed by atoms with Gasteiger partial charge in [-0.3, -0.25) is 4.55 Å². The molecular weight excluding hydrogens is 324 g/mol. The highest BCUT2D eigenvalue weighted by molar-refractivity contribution is 7.86. The van der Waals surface area contributed by atoms with Crippen LogP contribution in [0.4, 0.5) is 11.4 Å². The summed E-state index contributed by atoms with van der Waals surface area (Å²) in [6.45, 7) is 0. The molecule has 134 valence electrons. The zero-order chi connectivity index (χ0) is 17.2. The molecule has 2 fully saturated rings. The van der Waals surface area contributed by atoms with Crippen molar-refractivity contribution in [1.82, 2.24) is 0 Å². The Labute approximate surface area is 144 Å². The Kier molecular flexibility index (Phi) is 5.35. The van der Waals surface area contributed by atoms with Crippen LogP contribution in [0.2, 0.25) is 0 Å². The van der Waals surface area contributed by atoms with Gasteiger partial charge in [-0.15, -0.1) is 0 Å². The fourth-order valence-electron chi connectivity index (χ4n) is 4.43. The largest absolute Gasteiger partial charge is 0.399 e. The van der Waals surface area contributed by atoms with Gasteiger partial charge in [-0.2, -0.15) is 8.42 Å². The molecule has 24 heavy (non-hydrogen) atoms. The summed E-state index contributed by atoms with van der Waals surface area (Å²) in [7, 11) is -4.28. The zero-order valence-corrected chi connectivity index (χ0v) is 14.9. The van der Waals surface area contributed by atoms with E-state index in [1.807, 2.05) is 0 Å². The van der Waals surface area contributed by atoms with Crippen LogP contribution >= 0.6 is 0 Å². The van der Waals surface area contributed by atoms with Gasteiger partial charge in [-0.1, -0.05) is 32.1 Å². The maximum absolute atomic E-state index is 11.6. The van der Waals surface area contributed by atoms with E-state index in [9.17, 15) is 13.0 Å². The Hall–Kier alpha value is -1.27. The molecule has 3 rings (SSSR count). The van der Waals surface area contributed by atoms with Crippen LogP contribution in [-0.2, 0) is 10.1 Å². The molecule has 0 aliphatic heterocycles. The highest BCUT2D eigenvalue weighted by atomic mass is 32.2. The lowest BCUT2D eigenvalue weighted by atomic mass is 9.72. The molecule has 0 radical (unpaired) electrons. The number of rotatable bonds is 4. The van der Waals surface area contributed by atoms with Gasteiger partial charge in [0.2, 0.25) is 0 Å². The first-order valence-corrected chi connectivity index (χ1v) is 10.5. The van der Waals surface area contributed by atoms with Crippen molar-refractivity contribution >= 4 is 21.5 Å². The van der Waals surface area contributed by atoms with Gasteiger partial charge < -0.3 is 11.1 Å². The fraction of sp³-hybridized carbons (Fsp3) is 0.667. The summed E-state index contributed by atoms with van der Waals surface area (Å²) in [6.07, 6.45) is 11.4. The van der Waals surface area contributed by atoms with Gasteiger partial charge in [-0.05, 0) is 55.7 Å². The van der Waals surface area contributed by atoms with Gasteiger partial charge in [-0.25, -0.2) is 0 Å². The Balaban J connectivity index is 1.62. The Morgan fingerprint density at radius 3 is 2.21 bits per heavy atom. The molecule has 2 aliphatic rings. The second-order valence-corrected chi connectivity index (χ2v) is 8.77. The number of anilines is 2. The van der Waals surface area contributed by atoms with Gasteiger partial charge >= 0.3 is 0 Å². The van der Waals surface area contributed by atoms with E-state index in [1.165, 1.54) is 51.0 Å². The van der Waals surface area contributed by atoms with Crippen molar-refractivity contribution in [2.24, 2.45) is 11.8 Å². The van der Waals surface area contributed by atoms with E-state index in [1.54, 1.807) is 12.1 Å². The minimum atomic E-state index is -4.28. The third-order valence-corrected chi connectivity index (χ3v) is 6.63. The summed E-state index contributed by atoms with van der Waals surface area (Å²) < 4.78 is 32.5. The van der Waals surface area contributed by atoms with Crippen LogP contribution in [0.5, 0.6) is 0 Å². The fourth-order valence-corrected chi connectivity index (χ4v) is 5.12. The monoisotopic (exact) mass is 352 g/mol. The Bertz CT molecular complexity index is 661. The van der Waals surface area contributed by atoms with Gasteiger partial charge in [0, 0.05) is 11.7 Å². The van der Waals surface area contributed by atoms with Crippen molar-refractivity contribution in [2.45, 2.75) is 68.7 Å². The molecule has 5 nitrogen and oxygen atoms in total. The molecule has 2 saturated carbocycles. The van der Waals surface area contributed by atoms with Crippen LogP contribution < -0.4 is 11.1 Å². The molecule has 0 aromatic heterocycles. The summed E-state index contributed by atoms with van der Waals surface area (Å²) >= 11 is 0. The van der Waals surface area contributed by atoms with Crippen LogP contribution in [-0.4, -0.2) is 19.0 Å². The second kappa shape index (κ2) is 7.31. The number of hydrogen-bond donors (Lipinski definition) is 3. The predicted molar refractivity (Wildman–Crippen MR) is 96.6 cm³/mol. The maximum Gasteiger partial charge on any atom is 0.296 e. The zero-order valence-electron chi connectivity index (χ0n) is 14.1.